The van der Waals surface area contributed by atoms with Gasteiger partial charge in [-0.2, -0.15) is 0 Å². The molecule has 1 heterocycles. The van der Waals surface area contributed by atoms with Crippen LogP contribution in [-0.2, 0) is 14.3 Å². The summed E-state index contributed by atoms with van der Waals surface area (Å²) in [5.74, 6) is 0.0812. The summed E-state index contributed by atoms with van der Waals surface area (Å²) in [6, 6.07) is 5.23. The van der Waals surface area contributed by atoms with Gasteiger partial charge in [0.15, 0.2) is 0 Å². The van der Waals surface area contributed by atoms with E-state index in [0.29, 0.717) is 17.3 Å². The van der Waals surface area contributed by atoms with Crippen LogP contribution in [0.25, 0.3) is 0 Å². The van der Waals surface area contributed by atoms with E-state index in [4.69, 9.17) is 16.3 Å². The molecule has 1 aliphatic rings. The average molecular weight is 414 g/mol. The monoisotopic (exact) mass is 413 g/mol. The normalized spacial score (nSPS) is 16.0. The molecule has 1 aliphatic heterocycles. The number of amides is 2. The zero-order chi connectivity index (χ0) is 19.6. The highest BCUT2D eigenvalue weighted by molar-refractivity contribution is 7.99. The molecular formula is C19H28ClN3O3S. The smallest absolute Gasteiger partial charge is 0.243 e. The average Bonchev–Trinajstić information content (AvgIpc) is 2.65. The zero-order valence-corrected chi connectivity index (χ0v) is 17.5. The Kier molecular flexibility index (Phi) is 9.41. The van der Waals surface area contributed by atoms with Crippen LogP contribution in [0.4, 0.5) is 0 Å². The van der Waals surface area contributed by atoms with E-state index in [1.165, 1.54) is 18.7 Å². The molecule has 1 unspecified atom stereocenters. The van der Waals surface area contributed by atoms with E-state index in [-0.39, 0.29) is 11.8 Å². The third kappa shape index (κ3) is 8.09. The lowest BCUT2D eigenvalue weighted by Crippen LogP contribution is -2.48. The lowest BCUT2D eigenvalue weighted by molar-refractivity contribution is -0.127. The highest BCUT2D eigenvalue weighted by Gasteiger charge is 2.19. The van der Waals surface area contributed by atoms with Crippen LogP contribution in [0, 0.1) is 6.92 Å². The highest BCUT2D eigenvalue weighted by atomic mass is 35.5. The standard InChI is InChI=1S/C19H28ClN3O3S/c1-14-4-5-16(12-17(14)20)27-13-18(22-15(2)24)19(25)21-6-3-7-23-8-10-26-11-9-23/h4-5,12,18H,3,6-11,13H2,1-2H3,(H,21,25)(H,22,24). The van der Waals surface area contributed by atoms with E-state index in [9.17, 15) is 9.59 Å². The van der Waals surface area contributed by atoms with Gasteiger partial charge in [0.1, 0.15) is 6.04 Å². The van der Waals surface area contributed by atoms with Crippen molar-refractivity contribution in [2.75, 3.05) is 45.1 Å². The second-order valence-corrected chi connectivity index (χ2v) is 8.07. The molecule has 1 aromatic rings. The Bertz CT molecular complexity index is 639. The first kappa shape index (κ1) is 22.0. The number of hydrogen-bond acceptors (Lipinski definition) is 5. The number of morpholine rings is 1. The number of benzene rings is 1. The van der Waals surface area contributed by atoms with Gasteiger partial charge in [-0.25, -0.2) is 0 Å². The van der Waals surface area contributed by atoms with E-state index >= 15 is 0 Å². The molecule has 1 fully saturated rings. The Labute approximate surface area is 170 Å². The number of carbonyl (C=O) groups excluding carboxylic acids is 2. The van der Waals surface area contributed by atoms with E-state index < -0.39 is 6.04 Å². The third-order valence-corrected chi connectivity index (χ3v) is 5.80. The fraction of sp³-hybridized carbons (Fsp3) is 0.579. The molecule has 0 radical (unpaired) electrons. The number of nitrogens with zero attached hydrogens (tertiary/aromatic N) is 1. The van der Waals surface area contributed by atoms with Crippen molar-refractivity contribution in [3.05, 3.63) is 28.8 Å². The number of thioether (sulfide) groups is 1. The van der Waals surface area contributed by atoms with Crippen molar-refractivity contribution < 1.29 is 14.3 Å². The molecule has 2 amide bonds. The van der Waals surface area contributed by atoms with Crippen LogP contribution in [0.1, 0.15) is 18.9 Å². The lowest BCUT2D eigenvalue weighted by atomic mass is 10.2. The first-order chi connectivity index (χ1) is 13.0. The van der Waals surface area contributed by atoms with E-state index in [2.05, 4.69) is 15.5 Å². The number of rotatable bonds is 9. The third-order valence-electron chi connectivity index (χ3n) is 4.31. The van der Waals surface area contributed by atoms with Crippen molar-refractivity contribution in [2.24, 2.45) is 0 Å². The minimum atomic E-state index is -0.573. The largest absolute Gasteiger partial charge is 0.379 e. The summed E-state index contributed by atoms with van der Waals surface area (Å²) >= 11 is 7.65. The molecule has 6 nitrogen and oxygen atoms in total. The van der Waals surface area contributed by atoms with Gasteiger partial charge in [0.05, 0.1) is 13.2 Å². The van der Waals surface area contributed by atoms with Gasteiger partial charge in [0.25, 0.3) is 0 Å². The molecule has 0 bridgehead atoms. The summed E-state index contributed by atoms with van der Waals surface area (Å²) in [5.41, 5.74) is 1.01. The van der Waals surface area contributed by atoms with Crippen LogP contribution in [0.3, 0.4) is 0 Å². The molecule has 2 N–H and O–H groups in total. The Morgan fingerprint density at radius 2 is 2.07 bits per heavy atom. The van der Waals surface area contributed by atoms with Crippen molar-refractivity contribution in [1.29, 1.82) is 0 Å². The van der Waals surface area contributed by atoms with Gasteiger partial charge >= 0.3 is 0 Å². The molecule has 8 heteroatoms. The van der Waals surface area contributed by atoms with Crippen molar-refractivity contribution in [3.63, 3.8) is 0 Å². The van der Waals surface area contributed by atoms with Crippen molar-refractivity contribution in [2.45, 2.75) is 31.2 Å². The summed E-state index contributed by atoms with van der Waals surface area (Å²) in [5, 5.41) is 6.37. The van der Waals surface area contributed by atoms with Gasteiger partial charge in [-0.1, -0.05) is 17.7 Å². The minimum Gasteiger partial charge on any atom is -0.379 e. The van der Waals surface area contributed by atoms with Gasteiger partial charge in [0, 0.05) is 42.2 Å². The molecule has 0 spiro atoms. The van der Waals surface area contributed by atoms with E-state index in [1.807, 2.05) is 25.1 Å². The van der Waals surface area contributed by atoms with Gasteiger partial charge in [-0.15, -0.1) is 11.8 Å². The molecule has 2 rings (SSSR count). The second-order valence-electron chi connectivity index (χ2n) is 6.57. The number of ether oxygens (including phenoxy) is 1. The van der Waals surface area contributed by atoms with Crippen LogP contribution in [0.2, 0.25) is 5.02 Å². The summed E-state index contributed by atoms with van der Waals surface area (Å²) in [4.78, 5) is 27.2. The fourth-order valence-corrected chi connectivity index (χ4v) is 3.94. The van der Waals surface area contributed by atoms with Crippen molar-refractivity contribution >= 4 is 35.2 Å². The summed E-state index contributed by atoms with van der Waals surface area (Å²) in [7, 11) is 0. The maximum absolute atomic E-state index is 12.5. The number of aryl methyl sites for hydroxylation is 1. The van der Waals surface area contributed by atoms with Crippen LogP contribution in [0.15, 0.2) is 23.1 Å². The molecule has 27 heavy (non-hydrogen) atoms. The highest BCUT2D eigenvalue weighted by Crippen LogP contribution is 2.25. The molecule has 1 saturated heterocycles. The topological polar surface area (TPSA) is 70.7 Å². The van der Waals surface area contributed by atoms with Gasteiger partial charge in [-0.3, -0.25) is 14.5 Å². The van der Waals surface area contributed by atoms with Crippen molar-refractivity contribution in [3.8, 4) is 0 Å². The number of halogens is 1. The van der Waals surface area contributed by atoms with Crippen LogP contribution < -0.4 is 10.6 Å². The predicted molar refractivity (Wildman–Crippen MR) is 109 cm³/mol. The Balaban J connectivity index is 1.77. The van der Waals surface area contributed by atoms with Crippen LogP contribution >= 0.6 is 23.4 Å². The maximum Gasteiger partial charge on any atom is 0.243 e. The molecule has 0 saturated carbocycles. The SMILES string of the molecule is CC(=O)NC(CSc1ccc(C)c(Cl)c1)C(=O)NCCCN1CCOCC1. The molecular weight excluding hydrogens is 386 g/mol. The zero-order valence-electron chi connectivity index (χ0n) is 15.9. The molecule has 0 aromatic heterocycles. The van der Waals surface area contributed by atoms with Gasteiger partial charge in [0.2, 0.25) is 11.8 Å². The Morgan fingerprint density at radius 1 is 1.33 bits per heavy atom. The molecule has 1 atom stereocenters. The summed E-state index contributed by atoms with van der Waals surface area (Å²) in [6.45, 7) is 8.33. The lowest BCUT2D eigenvalue weighted by Gasteiger charge is -2.26. The predicted octanol–water partition coefficient (Wildman–Crippen LogP) is 2.08. The minimum absolute atomic E-state index is 0.155. The Hall–Kier alpha value is -1.28. The second kappa shape index (κ2) is 11.5. The van der Waals surface area contributed by atoms with Crippen LogP contribution in [0.5, 0.6) is 0 Å². The van der Waals surface area contributed by atoms with E-state index in [1.54, 1.807) is 0 Å². The first-order valence-electron chi connectivity index (χ1n) is 9.19. The number of nitrogens with one attached hydrogen (secondary N) is 2. The Morgan fingerprint density at radius 3 is 2.74 bits per heavy atom. The molecule has 150 valence electrons. The first-order valence-corrected chi connectivity index (χ1v) is 10.6. The molecule has 1 aromatic carbocycles. The van der Waals surface area contributed by atoms with Crippen molar-refractivity contribution in [1.82, 2.24) is 15.5 Å². The number of carbonyl (C=O) groups is 2. The van der Waals surface area contributed by atoms with E-state index in [0.717, 1.165) is 49.7 Å². The molecule has 0 aliphatic carbocycles. The summed E-state index contributed by atoms with van der Waals surface area (Å²) in [6.07, 6.45) is 0.874. The fourth-order valence-electron chi connectivity index (χ4n) is 2.73. The summed E-state index contributed by atoms with van der Waals surface area (Å²) < 4.78 is 5.33. The quantitative estimate of drug-likeness (QED) is 0.479. The van der Waals surface area contributed by atoms with Gasteiger partial charge < -0.3 is 15.4 Å². The van der Waals surface area contributed by atoms with Crippen LogP contribution in [-0.4, -0.2) is 67.9 Å². The number of hydrogen-bond donors (Lipinski definition) is 2. The maximum atomic E-state index is 12.5. The van der Waals surface area contributed by atoms with Gasteiger partial charge in [-0.05, 0) is 37.6 Å².